The maximum absolute atomic E-state index is 12.6. The van der Waals surface area contributed by atoms with E-state index in [0.717, 1.165) is 45.3 Å². The molecular formula is C17H26N4O2. The first-order valence-electron chi connectivity index (χ1n) is 8.79. The van der Waals surface area contributed by atoms with Gasteiger partial charge in [0.15, 0.2) is 0 Å². The minimum absolute atomic E-state index is 0.220. The van der Waals surface area contributed by atoms with Gasteiger partial charge in [-0.2, -0.15) is 5.10 Å². The van der Waals surface area contributed by atoms with Crippen LogP contribution >= 0.6 is 0 Å². The van der Waals surface area contributed by atoms with Gasteiger partial charge in [-0.25, -0.2) is 0 Å². The predicted octanol–water partition coefficient (Wildman–Crippen LogP) is 1.67. The van der Waals surface area contributed by atoms with Gasteiger partial charge in [0.2, 0.25) is 11.8 Å². The summed E-state index contributed by atoms with van der Waals surface area (Å²) in [4.78, 5) is 28.3. The van der Waals surface area contributed by atoms with Gasteiger partial charge in [0.25, 0.3) is 0 Å². The number of likely N-dealkylation sites (tertiary alicyclic amines) is 2. The highest BCUT2D eigenvalue weighted by Crippen LogP contribution is 2.22. The molecule has 126 valence electrons. The third-order valence-corrected chi connectivity index (χ3v) is 4.97. The summed E-state index contributed by atoms with van der Waals surface area (Å²) >= 11 is 0. The highest BCUT2D eigenvalue weighted by Gasteiger charge is 2.28. The van der Waals surface area contributed by atoms with Crippen molar-refractivity contribution in [3.63, 3.8) is 0 Å². The molecule has 1 aromatic rings. The molecule has 0 saturated carbocycles. The molecule has 0 spiro atoms. The minimum atomic E-state index is 0.220. The molecule has 2 fully saturated rings. The molecule has 1 aromatic heterocycles. The van der Waals surface area contributed by atoms with Gasteiger partial charge in [0, 0.05) is 57.5 Å². The molecule has 0 bridgehead atoms. The zero-order chi connectivity index (χ0) is 16.1. The van der Waals surface area contributed by atoms with Crippen LogP contribution in [0.4, 0.5) is 0 Å². The molecule has 1 unspecified atom stereocenters. The van der Waals surface area contributed by atoms with Crippen LogP contribution in [-0.2, 0) is 16.1 Å². The Morgan fingerprint density at radius 1 is 1.22 bits per heavy atom. The van der Waals surface area contributed by atoms with E-state index in [2.05, 4.69) is 5.10 Å². The van der Waals surface area contributed by atoms with Crippen molar-refractivity contribution in [1.29, 1.82) is 0 Å². The number of carbonyl (C=O) groups is 2. The van der Waals surface area contributed by atoms with E-state index < -0.39 is 0 Å². The monoisotopic (exact) mass is 318 g/mol. The molecule has 2 aliphatic rings. The lowest BCUT2D eigenvalue weighted by Crippen LogP contribution is -2.45. The Morgan fingerprint density at radius 3 is 2.87 bits per heavy atom. The van der Waals surface area contributed by atoms with Crippen molar-refractivity contribution < 1.29 is 9.59 Å². The standard InChI is InChI=1S/C17H26N4O2/c22-16-6-3-10-19(16)13-7-15-5-1-2-12-21(15)17(23)8-14-20-11-4-9-18-20/h4,9,11,15H,1-3,5-8,10,12-14H2. The first kappa shape index (κ1) is 16.0. The van der Waals surface area contributed by atoms with Gasteiger partial charge >= 0.3 is 0 Å². The van der Waals surface area contributed by atoms with Crippen LogP contribution in [0, 0.1) is 0 Å². The summed E-state index contributed by atoms with van der Waals surface area (Å²) in [7, 11) is 0. The maximum Gasteiger partial charge on any atom is 0.224 e. The number of aryl methyl sites for hydroxylation is 1. The molecule has 6 heteroatoms. The number of nitrogens with zero attached hydrogens (tertiary/aromatic N) is 4. The number of rotatable bonds is 6. The second-order valence-electron chi connectivity index (χ2n) is 6.53. The van der Waals surface area contributed by atoms with Crippen LogP contribution in [0.2, 0.25) is 0 Å². The molecule has 3 rings (SSSR count). The number of carbonyl (C=O) groups excluding carboxylic acids is 2. The molecule has 23 heavy (non-hydrogen) atoms. The van der Waals surface area contributed by atoms with Crippen molar-refractivity contribution in [2.24, 2.45) is 0 Å². The van der Waals surface area contributed by atoms with Crippen molar-refractivity contribution in [3.8, 4) is 0 Å². The molecule has 2 saturated heterocycles. The maximum atomic E-state index is 12.6. The lowest BCUT2D eigenvalue weighted by Gasteiger charge is -2.36. The van der Waals surface area contributed by atoms with Crippen molar-refractivity contribution in [2.45, 2.75) is 57.5 Å². The average molecular weight is 318 g/mol. The van der Waals surface area contributed by atoms with E-state index in [1.54, 1.807) is 10.9 Å². The number of aromatic nitrogens is 2. The topological polar surface area (TPSA) is 58.4 Å². The van der Waals surface area contributed by atoms with E-state index in [-0.39, 0.29) is 11.8 Å². The summed E-state index contributed by atoms with van der Waals surface area (Å²) in [5.41, 5.74) is 0. The molecule has 1 atom stereocenters. The fourth-order valence-electron chi connectivity index (χ4n) is 3.66. The third kappa shape index (κ3) is 4.12. The fraction of sp³-hybridized carbons (Fsp3) is 0.706. The quantitative estimate of drug-likeness (QED) is 0.801. The predicted molar refractivity (Wildman–Crippen MR) is 86.6 cm³/mol. The minimum Gasteiger partial charge on any atom is -0.343 e. The smallest absolute Gasteiger partial charge is 0.224 e. The van der Waals surface area contributed by atoms with Gasteiger partial charge in [-0.15, -0.1) is 0 Å². The van der Waals surface area contributed by atoms with Gasteiger partial charge in [-0.1, -0.05) is 0 Å². The summed E-state index contributed by atoms with van der Waals surface area (Å²) in [5, 5.41) is 4.15. The lowest BCUT2D eigenvalue weighted by atomic mass is 9.98. The second-order valence-corrected chi connectivity index (χ2v) is 6.53. The Labute approximate surface area is 137 Å². The second kappa shape index (κ2) is 7.62. The molecule has 0 aromatic carbocycles. The van der Waals surface area contributed by atoms with Crippen molar-refractivity contribution in [2.75, 3.05) is 19.6 Å². The zero-order valence-corrected chi connectivity index (χ0v) is 13.7. The summed E-state index contributed by atoms with van der Waals surface area (Å²) in [6.45, 7) is 3.18. The first-order chi connectivity index (χ1) is 11.2. The van der Waals surface area contributed by atoms with Crippen molar-refractivity contribution >= 4 is 11.8 Å². The highest BCUT2D eigenvalue weighted by atomic mass is 16.2. The van der Waals surface area contributed by atoms with E-state index in [1.807, 2.05) is 22.1 Å². The zero-order valence-electron chi connectivity index (χ0n) is 13.7. The molecule has 0 aliphatic carbocycles. The van der Waals surface area contributed by atoms with Crippen LogP contribution in [-0.4, -0.2) is 57.1 Å². The lowest BCUT2D eigenvalue weighted by molar-refractivity contribution is -0.135. The largest absolute Gasteiger partial charge is 0.343 e. The van der Waals surface area contributed by atoms with Crippen LogP contribution in [0.15, 0.2) is 18.5 Å². The molecule has 2 amide bonds. The summed E-state index contributed by atoms with van der Waals surface area (Å²) < 4.78 is 1.81. The van der Waals surface area contributed by atoms with Crippen LogP contribution < -0.4 is 0 Å². The van der Waals surface area contributed by atoms with E-state index in [0.29, 0.717) is 25.4 Å². The Hall–Kier alpha value is -1.85. The van der Waals surface area contributed by atoms with Gasteiger partial charge in [-0.05, 0) is 38.2 Å². The van der Waals surface area contributed by atoms with Crippen molar-refractivity contribution in [3.05, 3.63) is 18.5 Å². The SMILES string of the molecule is O=C1CCCN1CCC1CCCCN1C(=O)CCn1cccn1. The summed E-state index contributed by atoms with van der Waals surface area (Å²) in [6, 6.07) is 2.17. The van der Waals surface area contributed by atoms with E-state index in [1.165, 1.54) is 6.42 Å². The third-order valence-electron chi connectivity index (χ3n) is 4.97. The van der Waals surface area contributed by atoms with E-state index in [9.17, 15) is 9.59 Å². The Morgan fingerprint density at radius 2 is 2.13 bits per heavy atom. The van der Waals surface area contributed by atoms with Gasteiger partial charge in [0.1, 0.15) is 0 Å². The molecule has 0 N–H and O–H groups in total. The highest BCUT2D eigenvalue weighted by molar-refractivity contribution is 5.78. The Kier molecular flexibility index (Phi) is 5.31. The van der Waals surface area contributed by atoms with Crippen LogP contribution in [0.3, 0.4) is 0 Å². The number of hydrogen-bond donors (Lipinski definition) is 0. The summed E-state index contributed by atoms with van der Waals surface area (Å²) in [5.74, 6) is 0.496. The first-order valence-corrected chi connectivity index (χ1v) is 8.79. The van der Waals surface area contributed by atoms with Gasteiger partial charge in [-0.3, -0.25) is 14.3 Å². The number of amides is 2. The molecule has 0 radical (unpaired) electrons. The van der Waals surface area contributed by atoms with Gasteiger partial charge in [0.05, 0.1) is 0 Å². The number of hydrogen-bond acceptors (Lipinski definition) is 3. The molecular weight excluding hydrogens is 292 g/mol. The van der Waals surface area contributed by atoms with Crippen LogP contribution in [0.1, 0.15) is 44.9 Å². The van der Waals surface area contributed by atoms with Crippen LogP contribution in [0.5, 0.6) is 0 Å². The molecule has 2 aliphatic heterocycles. The van der Waals surface area contributed by atoms with Crippen molar-refractivity contribution in [1.82, 2.24) is 19.6 Å². The average Bonchev–Trinajstić information content (AvgIpc) is 3.22. The number of piperidine rings is 1. The summed E-state index contributed by atoms with van der Waals surface area (Å²) in [6.07, 6.45) is 10.1. The Bertz CT molecular complexity index is 529. The van der Waals surface area contributed by atoms with Crippen LogP contribution in [0.25, 0.3) is 0 Å². The van der Waals surface area contributed by atoms with Gasteiger partial charge < -0.3 is 9.80 Å². The normalized spacial score (nSPS) is 21.9. The fourth-order valence-corrected chi connectivity index (χ4v) is 3.66. The molecule has 6 nitrogen and oxygen atoms in total. The van der Waals surface area contributed by atoms with E-state index >= 15 is 0 Å². The Balaban J connectivity index is 1.50. The van der Waals surface area contributed by atoms with E-state index in [4.69, 9.17) is 0 Å². The molecule has 3 heterocycles.